The molecule has 0 N–H and O–H groups in total. The number of hydrogen-bond donors (Lipinski definition) is 0. The number of hydrogen-bond acceptors (Lipinski definition) is 10. The lowest BCUT2D eigenvalue weighted by Crippen LogP contribution is -2.34. The second-order valence-corrected chi connectivity index (χ2v) is 10.2. The van der Waals surface area contributed by atoms with Gasteiger partial charge in [-0.05, 0) is 49.7 Å². The van der Waals surface area contributed by atoms with E-state index in [-0.39, 0.29) is 22.7 Å². The summed E-state index contributed by atoms with van der Waals surface area (Å²) in [5.74, 6) is 1.03. The van der Waals surface area contributed by atoms with Crippen molar-refractivity contribution in [3.05, 3.63) is 76.9 Å². The summed E-state index contributed by atoms with van der Waals surface area (Å²) in [4.78, 5) is 46.4. The molecule has 2 aromatic carbocycles. The molecule has 2 fully saturated rings. The summed E-state index contributed by atoms with van der Waals surface area (Å²) in [6.45, 7) is 2.65. The van der Waals surface area contributed by atoms with Gasteiger partial charge < -0.3 is 9.80 Å². The van der Waals surface area contributed by atoms with Crippen molar-refractivity contribution in [2.75, 3.05) is 36.0 Å². The largest absolute Gasteiger partial charge is 0.366 e. The fraction of sp³-hybridized carbons (Fsp3) is 0.520. The Kier molecular flexibility index (Phi) is 8.52. The molecule has 14 nitrogen and oxygen atoms in total. The number of anilines is 2. The minimum atomic E-state index is -0.633. The second-order valence-electron chi connectivity index (χ2n) is 10.2. The molecule has 0 radical (unpaired) electrons. The number of benzene rings is 2. The Bertz CT molecular complexity index is 1160. The van der Waals surface area contributed by atoms with Gasteiger partial charge in [0, 0.05) is 38.3 Å². The second kappa shape index (κ2) is 12.0. The van der Waals surface area contributed by atoms with E-state index in [0.717, 1.165) is 57.1 Å². The molecule has 0 bridgehead atoms. The number of rotatable bonds is 10. The highest BCUT2D eigenvalue weighted by molar-refractivity contribution is 5.67. The lowest BCUT2D eigenvalue weighted by atomic mass is 9.86. The van der Waals surface area contributed by atoms with Crippen molar-refractivity contribution in [2.24, 2.45) is 11.8 Å². The van der Waals surface area contributed by atoms with Crippen molar-refractivity contribution in [3.8, 4) is 0 Å². The van der Waals surface area contributed by atoms with Crippen LogP contribution in [0.5, 0.6) is 0 Å². The zero-order chi connectivity index (χ0) is 28.1. The van der Waals surface area contributed by atoms with Crippen molar-refractivity contribution >= 4 is 34.1 Å². The molecule has 0 spiro atoms. The first-order valence-corrected chi connectivity index (χ1v) is 13.0. The zero-order valence-corrected chi connectivity index (χ0v) is 21.3. The van der Waals surface area contributed by atoms with Crippen molar-refractivity contribution < 1.29 is 19.7 Å². The molecule has 0 saturated carbocycles. The van der Waals surface area contributed by atoms with Crippen molar-refractivity contribution in [3.63, 3.8) is 0 Å². The molecule has 0 unspecified atom stereocenters. The average Bonchev–Trinajstić information content (AvgIpc) is 2.93. The summed E-state index contributed by atoms with van der Waals surface area (Å²) in [5, 5.41) is 44.9. The van der Waals surface area contributed by atoms with E-state index in [1.807, 2.05) is 9.80 Å². The molecule has 0 aliphatic carbocycles. The molecule has 2 heterocycles. The fourth-order valence-electron chi connectivity index (χ4n) is 5.70. The van der Waals surface area contributed by atoms with Crippen LogP contribution in [0.25, 0.3) is 0 Å². The van der Waals surface area contributed by atoms with Crippen molar-refractivity contribution in [2.45, 2.75) is 44.9 Å². The molecule has 2 saturated heterocycles. The van der Waals surface area contributed by atoms with Crippen LogP contribution in [0.15, 0.2) is 36.4 Å². The summed E-state index contributed by atoms with van der Waals surface area (Å²) < 4.78 is 0. The summed E-state index contributed by atoms with van der Waals surface area (Å²) in [6.07, 6.45) is 6.78. The average molecular weight is 543 g/mol. The van der Waals surface area contributed by atoms with Gasteiger partial charge in [0.15, 0.2) is 0 Å². The molecule has 0 aromatic heterocycles. The topological polar surface area (TPSA) is 179 Å². The molecule has 2 aliphatic rings. The van der Waals surface area contributed by atoms with Crippen LogP contribution in [0, 0.1) is 52.3 Å². The van der Waals surface area contributed by atoms with E-state index in [9.17, 15) is 40.5 Å². The normalized spacial score (nSPS) is 16.7. The van der Waals surface area contributed by atoms with E-state index in [1.165, 1.54) is 24.3 Å². The Morgan fingerprint density at radius 1 is 0.590 bits per heavy atom. The first-order valence-electron chi connectivity index (χ1n) is 13.0. The third-order valence-electron chi connectivity index (χ3n) is 7.87. The molecule has 0 atom stereocenters. The third-order valence-corrected chi connectivity index (χ3v) is 7.87. The van der Waals surface area contributed by atoms with Crippen LogP contribution in [0.3, 0.4) is 0 Å². The van der Waals surface area contributed by atoms with Crippen molar-refractivity contribution in [1.82, 2.24) is 0 Å². The minimum Gasteiger partial charge on any atom is -0.366 e. The predicted octanol–water partition coefficient (Wildman–Crippen LogP) is 5.62. The van der Waals surface area contributed by atoms with Crippen LogP contribution in [-0.2, 0) is 0 Å². The maximum atomic E-state index is 11.5. The highest BCUT2D eigenvalue weighted by Crippen LogP contribution is 2.37. The molecule has 2 aliphatic heterocycles. The Balaban J connectivity index is 1.23. The number of nitro benzene ring substituents is 4. The zero-order valence-electron chi connectivity index (χ0n) is 21.3. The van der Waals surface area contributed by atoms with Crippen LogP contribution < -0.4 is 9.80 Å². The summed E-state index contributed by atoms with van der Waals surface area (Å²) in [7, 11) is 0. The van der Waals surface area contributed by atoms with E-state index >= 15 is 0 Å². The molecule has 14 heteroatoms. The van der Waals surface area contributed by atoms with Crippen molar-refractivity contribution in [1.29, 1.82) is 0 Å². The van der Waals surface area contributed by atoms with E-state index in [4.69, 9.17) is 0 Å². The Morgan fingerprint density at radius 3 is 1.26 bits per heavy atom. The lowest BCUT2D eigenvalue weighted by Gasteiger charge is -2.35. The SMILES string of the molecule is O=[N+]([O-])c1ccc(N2CCC(CCCC3CCN(c4ccc([N+](=O)[O-])cc4[N+](=O)[O-])CC3)CC2)c([N+](=O)[O-])c1. The predicted molar refractivity (Wildman–Crippen MR) is 143 cm³/mol. The van der Waals surface area contributed by atoms with Crippen LogP contribution in [0.2, 0.25) is 0 Å². The van der Waals surface area contributed by atoms with Crippen LogP contribution in [0.4, 0.5) is 34.1 Å². The Hall–Kier alpha value is -4.36. The molecule has 208 valence electrons. The first kappa shape index (κ1) is 27.7. The molecule has 39 heavy (non-hydrogen) atoms. The van der Waals surface area contributed by atoms with Gasteiger partial charge in [-0.2, -0.15) is 0 Å². The monoisotopic (exact) mass is 542 g/mol. The maximum Gasteiger partial charge on any atom is 0.299 e. The number of piperidine rings is 2. The van der Waals surface area contributed by atoms with Gasteiger partial charge in [0.1, 0.15) is 11.4 Å². The van der Waals surface area contributed by atoms with Gasteiger partial charge in [0.05, 0.1) is 31.8 Å². The minimum absolute atomic E-state index is 0.243. The van der Waals surface area contributed by atoms with Gasteiger partial charge in [0.25, 0.3) is 22.7 Å². The van der Waals surface area contributed by atoms with Gasteiger partial charge in [-0.3, -0.25) is 40.5 Å². The fourth-order valence-corrected chi connectivity index (χ4v) is 5.70. The summed E-state index contributed by atoms with van der Waals surface area (Å²) in [6, 6.07) is 7.58. The highest BCUT2D eigenvalue weighted by atomic mass is 16.6. The molecule has 0 amide bonds. The van der Waals surface area contributed by atoms with E-state index in [0.29, 0.717) is 49.4 Å². The summed E-state index contributed by atoms with van der Waals surface area (Å²) in [5.41, 5.74) is -0.233. The lowest BCUT2D eigenvalue weighted by molar-refractivity contribution is -0.394. The van der Waals surface area contributed by atoms with Crippen LogP contribution in [-0.4, -0.2) is 45.9 Å². The summed E-state index contributed by atoms with van der Waals surface area (Å²) >= 11 is 0. The Labute approximate surface area is 223 Å². The molecule has 2 aromatic rings. The number of non-ortho nitro benzene ring substituents is 2. The molecular weight excluding hydrogens is 512 g/mol. The van der Waals surface area contributed by atoms with Gasteiger partial charge in [-0.1, -0.05) is 19.3 Å². The third kappa shape index (κ3) is 6.56. The maximum absolute atomic E-state index is 11.5. The van der Waals surface area contributed by atoms with Gasteiger partial charge in [-0.25, -0.2) is 0 Å². The standard InChI is InChI=1S/C25H30N6O8/c32-28(33)20-4-6-22(24(16-20)30(36)37)26-12-8-18(9-13-26)2-1-3-19-10-14-27(15-11-19)23-7-5-21(29(34)35)17-25(23)31(38)39/h4-7,16-19H,1-3,8-15H2. The smallest absolute Gasteiger partial charge is 0.299 e. The number of nitro groups is 4. The molecule has 4 rings (SSSR count). The molecular formula is C25H30N6O8. The van der Waals surface area contributed by atoms with Gasteiger partial charge in [-0.15, -0.1) is 0 Å². The first-order chi connectivity index (χ1) is 18.6. The van der Waals surface area contributed by atoms with Crippen LogP contribution in [0.1, 0.15) is 44.9 Å². The van der Waals surface area contributed by atoms with E-state index in [2.05, 4.69) is 0 Å². The van der Waals surface area contributed by atoms with E-state index in [1.54, 1.807) is 0 Å². The van der Waals surface area contributed by atoms with E-state index < -0.39 is 19.7 Å². The quantitative estimate of drug-likeness (QED) is 0.270. The Morgan fingerprint density at radius 2 is 0.949 bits per heavy atom. The van der Waals surface area contributed by atoms with Crippen LogP contribution >= 0.6 is 0 Å². The van der Waals surface area contributed by atoms with Gasteiger partial charge in [0.2, 0.25) is 0 Å². The number of nitrogens with zero attached hydrogens (tertiary/aromatic N) is 6. The van der Waals surface area contributed by atoms with Gasteiger partial charge >= 0.3 is 0 Å². The highest BCUT2D eigenvalue weighted by Gasteiger charge is 2.29.